The molecule has 0 aromatic carbocycles. The number of hydrogen-bond donors (Lipinski definition) is 1. The lowest BCUT2D eigenvalue weighted by Crippen LogP contribution is -2.29. The Balaban J connectivity index is 1.90. The van der Waals surface area contributed by atoms with Gasteiger partial charge in [-0.15, -0.1) is 0 Å². The molecule has 0 radical (unpaired) electrons. The Morgan fingerprint density at radius 2 is 2.06 bits per heavy atom. The molecule has 0 aliphatic carbocycles. The van der Waals surface area contributed by atoms with Crippen molar-refractivity contribution in [1.82, 2.24) is 14.3 Å². The van der Waals surface area contributed by atoms with Crippen molar-refractivity contribution in [2.45, 2.75) is 39.5 Å². The maximum Gasteiger partial charge on any atom is 0.267 e. The van der Waals surface area contributed by atoms with Gasteiger partial charge in [0.1, 0.15) is 15.8 Å². The second-order valence-corrected chi connectivity index (χ2v) is 8.80. The van der Waals surface area contributed by atoms with Gasteiger partial charge in [-0.3, -0.25) is 18.9 Å². The van der Waals surface area contributed by atoms with Gasteiger partial charge in [-0.05, 0) is 38.0 Å². The van der Waals surface area contributed by atoms with Crippen LogP contribution in [0.25, 0.3) is 11.7 Å². The van der Waals surface area contributed by atoms with Crippen molar-refractivity contribution < 1.29 is 9.53 Å². The van der Waals surface area contributed by atoms with Crippen LogP contribution >= 0.6 is 24.0 Å². The Kier molecular flexibility index (Phi) is 8.62. The summed E-state index contributed by atoms with van der Waals surface area (Å²) in [7, 11) is 0. The van der Waals surface area contributed by atoms with Crippen molar-refractivity contribution in [3.8, 4) is 0 Å². The summed E-state index contributed by atoms with van der Waals surface area (Å²) in [6.07, 6.45) is 7.19. The van der Waals surface area contributed by atoms with Crippen LogP contribution in [0.4, 0.5) is 5.82 Å². The fraction of sp³-hybridized carbons (Fsp3) is 0.455. The molecule has 1 amide bonds. The zero-order valence-electron chi connectivity index (χ0n) is 17.9. The van der Waals surface area contributed by atoms with E-state index in [9.17, 15) is 9.59 Å². The third-order valence-corrected chi connectivity index (χ3v) is 6.24. The molecule has 1 fully saturated rings. The number of carbonyl (C=O) groups is 1. The third kappa shape index (κ3) is 5.72. The quantitative estimate of drug-likeness (QED) is 0.309. The summed E-state index contributed by atoms with van der Waals surface area (Å²) < 4.78 is 7.34. The number of aromatic nitrogens is 2. The number of thiocarbonyl (C=S) groups is 1. The highest BCUT2D eigenvalue weighted by atomic mass is 32.2. The van der Waals surface area contributed by atoms with Crippen LogP contribution in [0.3, 0.4) is 0 Å². The van der Waals surface area contributed by atoms with E-state index in [1.54, 1.807) is 29.3 Å². The fourth-order valence-electron chi connectivity index (χ4n) is 3.24. The first-order valence-corrected chi connectivity index (χ1v) is 11.9. The molecule has 3 heterocycles. The van der Waals surface area contributed by atoms with Gasteiger partial charge in [0.25, 0.3) is 11.5 Å². The molecular formula is C22H28N4O3S2. The minimum atomic E-state index is -0.217. The molecule has 2 aromatic heterocycles. The highest BCUT2D eigenvalue weighted by molar-refractivity contribution is 8.26. The Morgan fingerprint density at radius 3 is 2.84 bits per heavy atom. The van der Waals surface area contributed by atoms with Crippen LogP contribution in [0.1, 0.15) is 45.1 Å². The first-order valence-electron chi connectivity index (χ1n) is 10.6. The molecule has 3 rings (SSSR count). The summed E-state index contributed by atoms with van der Waals surface area (Å²) in [4.78, 5) is 32.8. The van der Waals surface area contributed by atoms with Crippen LogP contribution in [-0.2, 0) is 9.53 Å². The van der Waals surface area contributed by atoms with E-state index >= 15 is 0 Å². The second-order valence-electron chi connectivity index (χ2n) is 7.13. The SMILES string of the molecule is CCCCCNc1nc2ccccn2c(=O)c1/C=C1/SC(=S)N(CCCOCC)C1=O. The number of ether oxygens (including phenoxy) is 1. The standard InChI is InChI=1S/C22H28N4O3S2/c1-3-5-7-11-23-19-16(20(27)25-12-8-6-10-18(25)24-19)15-17-21(28)26(22(30)31-17)13-9-14-29-4-2/h6,8,10,12,15,23H,3-5,7,9,11,13-14H2,1-2H3/b17-15+. The number of pyridine rings is 1. The predicted molar refractivity (Wildman–Crippen MR) is 130 cm³/mol. The Hall–Kier alpha value is -2.23. The summed E-state index contributed by atoms with van der Waals surface area (Å²) in [5.74, 6) is 0.315. The number of fused-ring (bicyclic) bond motifs is 1. The van der Waals surface area contributed by atoms with E-state index in [0.29, 0.717) is 59.0 Å². The number of nitrogens with zero attached hydrogens (tertiary/aromatic N) is 3. The van der Waals surface area contributed by atoms with Crippen molar-refractivity contribution in [2.75, 3.05) is 31.6 Å². The van der Waals surface area contributed by atoms with Crippen molar-refractivity contribution in [1.29, 1.82) is 0 Å². The van der Waals surface area contributed by atoms with E-state index in [-0.39, 0.29) is 11.5 Å². The maximum atomic E-state index is 13.2. The molecule has 0 spiro atoms. The molecule has 1 saturated heterocycles. The Labute approximate surface area is 191 Å². The predicted octanol–water partition coefficient (Wildman–Crippen LogP) is 3.92. The van der Waals surface area contributed by atoms with Gasteiger partial charge in [0.2, 0.25) is 0 Å². The molecule has 0 bridgehead atoms. The van der Waals surface area contributed by atoms with E-state index in [1.165, 1.54) is 16.2 Å². The molecule has 1 aliphatic heterocycles. The third-order valence-electron chi connectivity index (χ3n) is 4.87. The minimum absolute atomic E-state index is 0.180. The molecule has 9 heteroatoms. The Morgan fingerprint density at radius 1 is 1.23 bits per heavy atom. The highest BCUT2D eigenvalue weighted by Gasteiger charge is 2.32. The number of nitrogens with one attached hydrogen (secondary N) is 1. The average Bonchev–Trinajstić information content (AvgIpc) is 3.04. The molecule has 1 N–H and O–H groups in total. The van der Waals surface area contributed by atoms with Gasteiger partial charge < -0.3 is 10.1 Å². The monoisotopic (exact) mass is 460 g/mol. The van der Waals surface area contributed by atoms with Crippen LogP contribution in [0, 0.1) is 0 Å². The lowest BCUT2D eigenvalue weighted by Gasteiger charge is -2.14. The molecule has 31 heavy (non-hydrogen) atoms. The maximum absolute atomic E-state index is 13.2. The van der Waals surface area contributed by atoms with E-state index in [0.717, 1.165) is 19.3 Å². The van der Waals surface area contributed by atoms with Gasteiger partial charge >= 0.3 is 0 Å². The molecule has 1 aliphatic rings. The molecule has 0 unspecified atom stereocenters. The summed E-state index contributed by atoms with van der Waals surface area (Å²) in [6.45, 7) is 6.51. The van der Waals surface area contributed by atoms with Crippen LogP contribution in [-0.4, -0.2) is 50.8 Å². The van der Waals surface area contributed by atoms with Crippen LogP contribution in [0.15, 0.2) is 34.1 Å². The van der Waals surface area contributed by atoms with Crippen LogP contribution in [0.5, 0.6) is 0 Å². The van der Waals surface area contributed by atoms with Crippen molar-refractivity contribution in [3.63, 3.8) is 0 Å². The molecule has 7 nitrogen and oxygen atoms in total. The van der Waals surface area contributed by atoms with E-state index < -0.39 is 0 Å². The number of hydrogen-bond acceptors (Lipinski definition) is 7. The summed E-state index contributed by atoms with van der Waals surface area (Å²) in [6, 6.07) is 5.42. The molecule has 166 valence electrons. The van der Waals surface area contributed by atoms with Gasteiger partial charge in [-0.25, -0.2) is 4.98 Å². The van der Waals surface area contributed by atoms with Crippen molar-refractivity contribution in [2.24, 2.45) is 0 Å². The van der Waals surface area contributed by atoms with Crippen molar-refractivity contribution in [3.05, 3.63) is 45.2 Å². The second kappa shape index (κ2) is 11.4. The Bertz CT molecular complexity index is 1040. The number of amides is 1. The minimum Gasteiger partial charge on any atom is -0.382 e. The lowest BCUT2D eigenvalue weighted by molar-refractivity contribution is -0.122. The number of anilines is 1. The number of rotatable bonds is 11. The van der Waals surface area contributed by atoms with E-state index in [4.69, 9.17) is 17.0 Å². The molecule has 0 atom stereocenters. The normalized spacial score (nSPS) is 15.4. The smallest absolute Gasteiger partial charge is 0.267 e. The molecule has 2 aromatic rings. The summed E-state index contributed by atoms with van der Waals surface area (Å²) in [5.41, 5.74) is 0.714. The van der Waals surface area contributed by atoms with Crippen molar-refractivity contribution >= 4 is 51.7 Å². The van der Waals surface area contributed by atoms with Crippen LogP contribution < -0.4 is 10.9 Å². The van der Waals surface area contributed by atoms with Gasteiger partial charge in [-0.2, -0.15) is 0 Å². The summed E-state index contributed by atoms with van der Waals surface area (Å²) in [5, 5.41) is 3.29. The topological polar surface area (TPSA) is 75.9 Å². The van der Waals surface area contributed by atoms with E-state index in [2.05, 4.69) is 17.2 Å². The van der Waals surface area contributed by atoms with Gasteiger partial charge in [0, 0.05) is 32.5 Å². The zero-order chi connectivity index (χ0) is 22.2. The number of thioether (sulfide) groups is 1. The molecular weight excluding hydrogens is 432 g/mol. The zero-order valence-corrected chi connectivity index (χ0v) is 19.6. The van der Waals surface area contributed by atoms with Gasteiger partial charge in [0.05, 0.1) is 10.5 Å². The number of unbranched alkanes of at least 4 members (excludes halogenated alkanes) is 2. The first kappa shape index (κ1) is 23.4. The average molecular weight is 461 g/mol. The highest BCUT2D eigenvalue weighted by Crippen LogP contribution is 2.33. The van der Waals surface area contributed by atoms with Gasteiger partial charge in [0.15, 0.2) is 0 Å². The lowest BCUT2D eigenvalue weighted by atomic mass is 10.2. The van der Waals surface area contributed by atoms with Crippen LogP contribution in [0.2, 0.25) is 0 Å². The number of carbonyl (C=O) groups excluding carboxylic acids is 1. The van der Waals surface area contributed by atoms with Gasteiger partial charge in [-0.1, -0.05) is 49.8 Å². The van der Waals surface area contributed by atoms with E-state index in [1.807, 2.05) is 13.0 Å². The molecule has 0 saturated carbocycles. The first-order chi connectivity index (χ1) is 15.1. The fourth-order valence-corrected chi connectivity index (χ4v) is 4.53. The largest absolute Gasteiger partial charge is 0.382 e. The summed E-state index contributed by atoms with van der Waals surface area (Å²) >= 11 is 6.62.